The molecule has 0 bridgehead atoms. The van der Waals surface area contributed by atoms with E-state index in [9.17, 15) is 0 Å². The summed E-state index contributed by atoms with van der Waals surface area (Å²) in [6.07, 6.45) is 3.48. The normalized spacial score (nSPS) is 24.4. The lowest BCUT2D eigenvalue weighted by atomic mass is 9.89. The van der Waals surface area contributed by atoms with E-state index < -0.39 is 0 Å². The quantitative estimate of drug-likeness (QED) is 0.885. The van der Waals surface area contributed by atoms with Gasteiger partial charge < -0.3 is 15.4 Å². The van der Waals surface area contributed by atoms with E-state index >= 15 is 0 Å². The Labute approximate surface area is 116 Å². The van der Waals surface area contributed by atoms with Crippen molar-refractivity contribution in [3.63, 3.8) is 0 Å². The number of methoxy groups -OCH3 is 1. The average Bonchev–Trinajstić information content (AvgIpc) is 2.39. The standard InChI is InChI=1S/C16H26N2O/c1-3-8-18-11-14(10-15(17)12-18)9-13-4-6-16(19-2)7-5-13/h4-7,14-15H,3,8-12,17H2,1-2H3. The highest BCUT2D eigenvalue weighted by atomic mass is 16.5. The van der Waals surface area contributed by atoms with Gasteiger partial charge in [-0.05, 0) is 49.4 Å². The van der Waals surface area contributed by atoms with Crippen molar-refractivity contribution in [2.45, 2.75) is 32.2 Å². The third-order valence-electron chi connectivity index (χ3n) is 3.87. The van der Waals surface area contributed by atoms with Crippen LogP contribution in [0.15, 0.2) is 24.3 Å². The highest BCUT2D eigenvalue weighted by molar-refractivity contribution is 5.27. The third-order valence-corrected chi connectivity index (χ3v) is 3.87. The fourth-order valence-corrected chi connectivity index (χ4v) is 3.09. The van der Waals surface area contributed by atoms with Gasteiger partial charge in [-0.25, -0.2) is 0 Å². The monoisotopic (exact) mass is 262 g/mol. The van der Waals surface area contributed by atoms with Crippen molar-refractivity contribution in [2.75, 3.05) is 26.7 Å². The number of ether oxygens (including phenoxy) is 1. The third kappa shape index (κ3) is 4.22. The van der Waals surface area contributed by atoms with E-state index in [1.807, 2.05) is 12.1 Å². The Morgan fingerprint density at radius 3 is 2.63 bits per heavy atom. The lowest BCUT2D eigenvalue weighted by Crippen LogP contribution is -2.47. The Kier molecular flexibility index (Phi) is 5.23. The molecule has 0 radical (unpaired) electrons. The van der Waals surface area contributed by atoms with E-state index in [0.717, 1.165) is 25.1 Å². The lowest BCUT2D eigenvalue weighted by Gasteiger charge is -2.36. The molecule has 3 heteroatoms. The van der Waals surface area contributed by atoms with Crippen LogP contribution in [-0.4, -0.2) is 37.7 Å². The van der Waals surface area contributed by atoms with Crippen LogP contribution >= 0.6 is 0 Å². The molecule has 1 aliphatic heterocycles. The van der Waals surface area contributed by atoms with Gasteiger partial charge in [-0.2, -0.15) is 0 Å². The lowest BCUT2D eigenvalue weighted by molar-refractivity contribution is 0.156. The van der Waals surface area contributed by atoms with Gasteiger partial charge in [0.15, 0.2) is 0 Å². The van der Waals surface area contributed by atoms with Gasteiger partial charge in [0.25, 0.3) is 0 Å². The second-order valence-electron chi connectivity index (χ2n) is 5.67. The molecule has 2 rings (SSSR count). The van der Waals surface area contributed by atoms with Crippen LogP contribution in [0.2, 0.25) is 0 Å². The van der Waals surface area contributed by atoms with Crippen LogP contribution in [-0.2, 0) is 6.42 Å². The van der Waals surface area contributed by atoms with Gasteiger partial charge >= 0.3 is 0 Å². The summed E-state index contributed by atoms with van der Waals surface area (Å²) in [4.78, 5) is 2.52. The van der Waals surface area contributed by atoms with Crippen LogP contribution in [0, 0.1) is 5.92 Å². The summed E-state index contributed by atoms with van der Waals surface area (Å²) in [5.74, 6) is 1.61. The Morgan fingerprint density at radius 1 is 1.26 bits per heavy atom. The Bertz CT molecular complexity index is 377. The first-order chi connectivity index (χ1) is 9.21. The fourth-order valence-electron chi connectivity index (χ4n) is 3.09. The number of likely N-dealkylation sites (tertiary alicyclic amines) is 1. The number of hydrogen-bond acceptors (Lipinski definition) is 3. The van der Waals surface area contributed by atoms with E-state index in [1.165, 1.54) is 25.1 Å². The summed E-state index contributed by atoms with van der Waals surface area (Å²) in [6.45, 7) is 5.66. The summed E-state index contributed by atoms with van der Waals surface area (Å²) in [5, 5.41) is 0. The summed E-state index contributed by atoms with van der Waals surface area (Å²) >= 11 is 0. The Balaban J connectivity index is 1.93. The summed E-state index contributed by atoms with van der Waals surface area (Å²) < 4.78 is 5.20. The van der Waals surface area contributed by atoms with Crippen molar-refractivity contribution < 1.29 is 4.74 Å². The van der Waals surface area contributed by atoms with Gasteiger partial charge in [-0.1, -0.05) is 19.1 Å². The molecule has 2 N–H and O–H groups in total. The van der Waals surface area contributed by atoms with E-state index in [0.29, 0.717) is 12.0 Å². The largest absolute Gasteiger partial charge is 0.497 e. The molecular formula is C16H26N2O. The average molecular weight is 262 g/mol. The van der Waals surface area contributed by atoms with Gasteiger partial charge in [-0.15, -0.1) is 0 Å². The van der Waals surface area contributed by atoms with Crippen LogP contribution < -0.4 is 10.5 Å². The smallest absolute Gasteiger partial charge is 0.118 e. The molecule has 0 aromatic heterocycles. The molecule has 1 heterocycles. The molecule has 1 saturated heterocycles. The first kappa shape index (κ1) is 14.4. The van der Waals surface area contributed by atoms with Crippen LogP contribution in [0.4, 0.5) is 0 Å². The fraction of sp³-hybridized carbons (Fsp3) is 0.625. The molecule has 3 nitrogen and oxygen atoms in total. The molecular weight excluding hydrogens is 236 g/mol. The molecule has 0 aliphatic carbocycles. The topological polar surface area (TPSA) is 38.5 Å². The van der Waals surface area contributed by atoms with E-state index in [2.05, 4.69) is 24.0 Å². The highest BCUT2D eigenvalue weighted by Gasteiger charge is 2.24. The summed E-state index contributed by atoms with van der Waals surface area (Å²) in [6, 6.07) is 8.76. The molecule has 0 saturated carbocycles. The predicted molar refractivity (Wildman–Crippen MR) is 79.5 cm³/mol. The number of benzene rings is 1. The molecule has 106 valence electrons. The number of piperidine rings is 1. The molecule has 2 unspecified atom stereocenters. The number of nitrogens with zero attached hydrogens (tertiary/aromatic N) is 1. The minimum atomic E-state index is 0.337. The molecule has 1 aromatic rings. The van der Waals surface area contributed by atoms with Gasteiger partial charge in [0.1, 0.15) is 5.75 Å². The number of hydrogen-bond donors (Lipinski definition) is 1. The van der Waals surface area contributed by atoms with Gasteiger partial charge in [0.2, 0.25) is 0 Å². The van der Waals surface area contributed by atoms with Crippen molar-refractivity contribution >= 4 is 0 Å². The van der Waals surface area contributed by atoms with Crippen LogP contribution in [0.5, 0.6) is 5.75 Å². The van der Waals surface area contributed by atoms with Gasteiger partial charge in [0, 0.05) is 19.1 Å². The zero-order valence-electron chi connectivity index (χ0n) is 12.1. The van der Waals surface area contributed by atoms with E-state index in [-0.39, 0.29) is 0 Å². The highest BCUT2D eigenvalue weighted by Crippen LogP contribution is 2.22. The molecule has 0 spiro atoms. The number of nitrogens with two attached hydrogens (primary N) is 1. The Morgan fingerprint density at radius 2 is 2.00 bits per heavy atom. The Hall–Kier alpha value is -1.06. The van der Waals surface area contributed by atoms with Crippen molar-refractivity contribution in [1.82, 2.24) is 4.90 Å². The first-order valence-corrected chi connectivity index (χ1v) is 7.32. The van der Waals surface area contributed by atoms with E-state index in [1.54, 1.807) is 7.11 Å². The van der Waals surface area contributed by atoms with Crippen molar-refractivity contribution in [2.24, 2.45) is 11.7 Å². The second kappa shape index (κ2) is 6.92. The van der Waals surface area contributed by atoms with Crippen LogP contribution in [0.1, 0.15) is 25.3 Å². The van der Waals surface area contributed by atoms with Crippen LogP contribution in [0.25, 0.3) is 0 Å². The van der Waals surface area contributed by atoms with Crippen molar-refractivity contribution in [3.8, 4) is 5.75 Å². The van der Waals surface area contributed by atoms with Crippen LogP contribution in [0.3, 0.4) is 0 Å². The minimum absolute atomic E-state index is 0.337. The van der Waals surface area contributed by atoms with Gasteiger partial charge in [0.05, 0.1) is 7.11 Å². The predicted octanol–water partition coefficient (Wildman–Crippen LogP) is 2.30. The molecule has 1 fully saturated rings. The SMILES string of the molecule is CCCN1CC(N)CC(Cc2ccc(OC)cc2)C1. The van der Waals surface area contributed by atoms with Gasteiger partial charge in [-0.3, -0.25) is 0 Å². The van der Waals surface area contributed by atoms with Crippen molar-refractivity contribution in [1.29, 1.82) is 0 Å². The zero-order valence-corrected chi connectivity index (χ0v) is 12.1. The maximum Gasteiger partial charge on any atom is 0.118 e. The molecule has 1 aromatic carbocycles. The zero-order chi connectivity index (χ0) is 13.7. The van der Waals surface area contributed by atoms with E-state index in [4.69, 9.17) is 10.5 Å². The minimum Gasteiger partial charge on any atom is -0.497 e. The number of rotatable bonds is 5. The molecule has 0 amide bonds. The summed E-state index contributed by atoms with van der Waals surface area (Å²) in [5.41, 5.74) is 7.57. The molecule has 1 aliphatic rings. The molecule has 19 heavy (non-hydrogen) atoms. The van der Waals surface area contributed by atoms with Crippen molar-refractivity contribution in [3.05, 3.63) is 29.8 Å². The first-order valence-electron chi connectivity index (χ1n) is 7.32. The maximum atomic E-state index is 6.18. The molecule has 2 atom stereocenters. The summed E-state index contributed by atoms with van der Waals surface area (Å²) in [7, 11) is 1.71. The second-order valence-corrected chi connectivity index (χ2v) is 5.67. The maximum absolute atomic E-state index is 6.18.